The first kappa shape index (κ1) is 12.6. The molecule has 0 aliphatic carbocycles. The van der Waals surface area contributed by atoms with Crippen molar-refractivity contribution in [3.8, 4) is 33.4 Å². The first-order valence-corrected chi connectivity index (χ1v) is 16.0. The van der Waals surface area contributed by atoms with Crippen molar-refractivity contribution in [3.05, 3.63) is 199 Å². The molecule has 0 radical (unpaired) electrons. The van der Waals surface area contributed by atoms with Gasteiger partial charge in [-0.3, -0.25) is 0 Å². The third-order valence-corrected chi connectivity index (χ3v) is 8.48. The van der Waals surface area contributed by atoms with E-state index in [9.17, 15) is 20.6 Å². The molecule has 0 amide bonds. The molecule has 0 bridgehead atoms. The number of anilines is 3. The van der Waals surface area contributed by atoms with Crippen LogP contribution in [0.1, 0.15) is 45.2 Å². The van der Waals surface area contributed by atoms with Crippen molar-refractivity contribution < 1.29 is 54.1 Å². The molecule has 11 rings (SSSR count). The number of rotatable bonds is 6. The van der Waals surface area contributed by atoms with Crippen LogP contribution < -0.4 is 4.90 Å². The van der Waals surface area contributed by atoms with Gasteiger partial charge in [-0.2, -0.15) is 0 Å². The van der Waals surface area contributed by atoms with Crippen LogP contribution in [0.5, 0.6) is 0 Å². The minimum atomic E-state index is -1.32. The van der Waals surface area contributed by atoms with Crippen LogP contribution in [0, 0.1) is 0 Å². The molecule has 0 N–H and O–H groups in total. The van der Waals surface area contributed by atoms with Crippen molar-refractivity contribution in [1.29, 1.82) is 0 Å². The van der Waals surface area contributed by atoms with E-state index in [2.05, 4.69) is 0 Å². The largest absolute Gasteiger partial charge is 0.455 e. The minimum absolute atomic E-state index is 0.443. The molecule has 0 atom stereocenters. The Balaban J connectivity index is 1.44. The van der Waals surface area contributed by atoms with Gasteiger partial charge in [-0.1, -0.05) is 157 Å². The highest BCUT2D eigenvalue weighted by Crippen LogP contribution is 2.49. The van der Waals surface area contributed by atoms with Gasteiger partial charge in [0, 0.05) is 32.8 Å². The topological polar surface area (TPSA) is 29.5 Å². The summed E-state index contributed by atoms with van der Waals surface area (Å²) in [5.74, 6) is 0. The standard InChI is InChI=1S/C52H33NO2/c1-3-12-34(13-4-1)36-22-24-39(25-23-36)42-32-33-46(49-45-31-28-38-16-7-8-17-41(38)50(45)55-52(42)49)53(40-29-26-37(27-30-40)35-14-5-2-6-15-35)47-20-11-19-44-43-18-9-10-21-48(43)54-51(44)47/h1-33H/i1D,2D,3D,4D,5D,6D,7D,8D,9D,10D,11D,12D,13D,14D,15D,16D,17D,18D,19D,20D,21D,22D,23D,24D,25D,26D,27D,28D,29D,30D,31D,32D,33D. The Kier molecular flexibility index (Phi) is 2.90. The fraction of sp³-hybridized carbons (Fsp3) is 0. The SMILES string of the molecule is [2H]c1c([2H])c([2H])c(-c2c([2H])c([2H])c(-c3c([2H])c([2H])c(N(c4c([2H])c([2H])c(-c5c([2H])c([2H])c([2H])c([2H])c5[2H])c([2H])c4[2H])c4c([2H])c([2H])c([2H])c5c4oc4c([2H])c([2H])c([2H])c([2H])c45)c4c3oc3c5c([2H])c([2H])c([2H])c([2H])c5c([2H])c([2H])c34)c([2H])c2[2H])c([2H])c1[2H]. The molecule has 0 unspecified atom stereocenters. The molecule has 0 fully saturated rings. The molecule has 258 valence electrons. The fourth-order valence-electron chi connectivity index (χ4n) is 6.08. The Morgan fingerprint density at radius 3 is 1.69 bits per heavy atom. The van der Waals surface area contributed by atoms with Gasteiger partial charge in [-0.15, -0.1) is 0 Å². The lowest BCUT2D eigenvalue weighted by molar-refractivity contribution is 0.669. The normalized spacial score (nSPS) is 20.0. The predicted octanol–water partition coefficient (Wildman–Crippen LogP) is 15.1. The van der Waals surface area contributed by atoms with Gasteiger partial charge >= 0.3 is 0 Å². The summed E-state index contributed by atoms with van der Waals surface area (Å²) < 4.78 is 311. The Labute approximate surface area is 364 Å². The van der Waals surface area contributed by atoms with Crippen molar-refractivity contribution in [2.24, 2.45) is 0 Å². The van der Waals surface area contributed by atoms with Gasteiger partial charge in [-0.25, -0.2) is 0 Å². The maximum Gasteiger partial charge on any atom is 0.159 e. The number of fused-ring (bicyclic) bond motifs is 8. The van der Waals surface area contributed by atoms with E-state index in [1.54, 1.807) is 0 Å². The van der Waals surface area contributed by atoms with Crippen molar-refractivity contribution >= 4 is 71.7 Å². The molecular weight excluding hydrogens is 671 g/mol. The molecule has 3 heteroatoms. The van der Waals surface area contributed by atoms with Crippen LogP contribution in [0.2, 0.25) is 0 Å². The number of para-hydroxylation sites is 2. The van der Waals surface area contributed by atoms with Crippen molar-refractivity contribution in [3.63, 3.8) is 0 Å². The number of nitrogens with zero attached hydrogens (tertiary/aromatic N) is 1. The molecule has 0 saturated heterocycles. The predicted molar refractivity (Wildman–Crippen MR) is 229 cm³/mol. The number of furan rings is 2. The molecule has 2 heterocycles. The van der Waals surface area contributed by atoms with Crippen LogP contribution in [0.4, 0.5) is 17.1 Å². The maximum absolute atomic E-state index is 10.2. The highest BCUT2D eigenvalue weighted by Gasteiger charge is 2.25. The summed E-state index contributed by atoms with van der Waals surface area (Å²) in [4.78, 5) is 0.443. The zero-order valence-corrected chi connectivity index (χ0v) is 27.3. The van der Waals surface area contributed by atoms with Crippen LogP contribution in [0.3, 0.4) is 0 Å². The van der Waals surface area contributed by atoms with Gasteiger partial charge in [0.15, 0.2) is 5.58 Å². The van der Waals surface area contributed by atoms with Crippen LogP contribution >= 0.6 is 0 Å². The number of hydrogen-bond acceptors (Lipinski definition) is 3. The Morgan fingerprint density at radius 1 is 0.345 bits per heavy atom. The van der Waals surface area contributed by atoms with E-state index < -0.39 is 304 Å². The molecule has 55 heavy (non-hydrogen) atoms. The molecule has 0 saturated carbocycles. The lowest BCUT2D eigenvalue weighted by Crippen LogP contribution is -2.10. The van der Waals surface area contributed by atoms with E-state index in [4.69, 9.17) is 33.5 Å². The molecule has 2 aromatic heterocycles. The van der Waals surface area contributed by atoms with Gasteiger partial charge in [0.2, 0.25) is 0 Å². The summed E-state index contributed by atoms with van der Waals surface area (Å²) in [7, 11) is 0. The van der Waals surface area contributed by atoms with Crippen molar-refractivity contribution in [2.75, 3.05) is 4.90 Å². The quantitative estimate of drug-likeness (QED) is 0.170. The smallest absolute Gasteiger partial charge is 0.159 e. The van der Waals surface area contributed by atoms with E-state index >= 15 is 0 Å². The molecule has 3 nitrogen and oxygen atoms in total. The molecule has 11 aromatic rings. The maximum atomic E-state index is 10.2. The van der Waals surface area contributed by atoms with Crippen molar-refractivity contribution in [1.82, 2.24) is 0 Å². The van der Waals surface area contributed by atoms with Crippen LogP contribution in [0.15, 0.2) is 208 Å². The van der Waals surface area contributed by atoms with Gasteiger partial charge in [-0.05, 0) is 75.5 Å². The monoisotopic (exact) mass is 736 g/mol. The third kappa shape index (κ3) is 5.13. The van der Waals surface area contributed by atoms with Gasteiger partial charge < -0.3 is 13.7 Å². The number of hydrogen-bond donors (Lipinski definition) is 0. The van der Waals surface area contributed by atoms with E-state index in [0.29, 0.717) is 4.90 Å². The van der Waals surface area contributed by atoms with Gasteiger partial charge in [0.1, 0.15) is 16.7 Å². The lowest BCUT2D eigenvalue weighted by Gasteiger charge is -2.27. The minimum Gasteiger partial charge on any atom is -0.455 e. The van der Waals surface area contributed by atoms with Crippen LogP contribution in [-0.4, -0.2) is 0 Å². The Morgan fingerprint density at radius 2 is 0.945 bits per heavy atom. The Bertz CT molecular complexity index is 5030. The van der Waals surface area contributed by atoms with E-state index in [1.165, 1.54) is 0 Å². The second kappa shape index (κ2) is 12.6. The van der Waals surface area contributed by atoms with Crippen LogP contribution in [-0.2, 0) is 0 Å². The highest BCUT2D eigenvalue weighted by atomic mass is 16.3. The summed E-state index contributed by atoms with van der Waals surface area (Å²) in [6.45, 7) is 0. The lowest BCUT2D eigenvalue weighted by atomic mass is 9.97. The molecule has 0 spiro atoms. The van der Waals surface area contributed by atoms with Crippen LogP contribution in [0.25, 0.3) is 88.0 Å². The fourth-order valence-corrected chi connectivity index (χ4v) is 6.08. The molecule has 0 aliphatic heterocycles. The first-order valence-electron chi connectivity index (χ1n) is 32.5. The van der Waals surface area contributed by atoms with Gasteiger partial charge in [0.05, 0.1) is 62.0 Å². The highest BCUT2D eigenvalue weighted by molar-refractivity contribution is 6.23. The second-order valence-electron chi connectivity index (χ2n) is 11.5. The molecular formula is C52H33NO2. The summed E-state index contributed by atoms with van der Waals surface area (Å²) >= 11 is 0. The molecule has 0 aliphatic rings. The summed E-state index contributed by atoms with van der Waals surface area (Å²) in [5, 5.41) is -4.31. The van der Waals surface area contributed by atoms with E-state index in [0.717, 1.165) is 0 Å². The third-order valence-electron chi connectivity index (χ3n) is 8.48. The summed E-state index contributed by atoms with van der Waals surface area (Å²) in [5.41, 5.74) is -12.1. The zero-order chi connectivity index (χ0) is 65.0. The zero-order valence-electron chi connectivity index (χ0n) is 60.3. The summed E-state index contributed by atoms with van der Waals surface area (Å²) in [6, 6.07) is -34.3. The Hall–Kier alpha value is -7.36. The number of benzene rings is 9. The van der Waals surface area contributed by atoms with E-state index in [1.807, 2.05) is 0 Å². The average molecular weight is 737 g/mol. The first-order chi connectivity index (χ1) is 41.0. The summed E-state index contributed by atoms with van der Waals surface area (Å²) in [6.07, 6.45) is 0. The average Bonchev–Trinajstić information content (AvgIpc) is 1.43. The molecule has 9 aromatic carbocycles. The van der Waals surface area contributed by atoms with Crippen molar-refractivity contribution in [2.45, 2.75) is 0 Å². The van der Waals surface area contributed by atoms with Gasteiger partial charge in [0.25, 0.3) is 0 Å². The second-order valence-corrected chi connectivity index (χ2v) is 11.5. The van der Waals surface area contributed by atoms with E-state index in [-0.39, 0.29) is 0 Å².